The van der Waals surface area contributed by atoms with Gasteiger partial charge in [-0.2, -0.15) is 0 Å². The molecule has 0 spiro atoms. The maximum Gasteiger partial charge on any atom is 0.0537 e. The van der Waals surface area contributed by atoms with Gasteiger partial charge in [0.25, 0.3) is 0 Å². The molecular formula is C47H46N2. The fraction of sp³-hybridized carbons (Fsp3) is 0.277. The van der Waals surface area contributed by atoms with Crippen LogP contribution in [0.3, 0.4) is 0 Å². The van der Waals surface area contributed by atoms with Crippen LogP contribution >= 0.6 is 0 Å². The van der Waals surface area contributed by atoms with Gasteiger partial charge in [-0.1, -0.05) is 131 Å². The lowest BCUT2D eigenvalue weighted by molar-refractivity contribution is 0.430. The van der Waals surface area contributed by atoms with Crippen molar-refractivity contribution in [2.75, 3.05) is 4.90 Å². The van der Waals surface area contributed by atoms with Crippen molar-refractivity contribution in [2.45, 2.75) is 76.8 Å². The van der Waals surface area contributed by atoms with Crippen molar-refractivity contribution < 1.29 is 0 Å². The molecular weight excluding hydrogens is 593 g/mol. The van der Waals surface area contributed by atoms with Crippen molar-refractivity contribution in [1.82, 2.24) is 4.57 Å². The molecule has 2 nitrogen and oxygen atoms in total. The summed E-state index contributed by atoms with van der Waals surface area (Å²) in [6.07, 6.45) is 20.8. The van der Waals surface area contributed by atoms with Crippen LogP contribution in [-0.2, 0) is 5.41 Å². The summed E-state index contributed by atoms with van der Waals surface area (Å²) in [5, 5.41) is 1.35. The van der Waals surface area contributed by atoms with Crippen LogP contribution in [-0.4, -0.2) is 16.7 Å². The molecule has 1 heterocycles. The molecule has 0 saturated carbocycles. The lowest BCUT2D eigenvalue weighted by atomic mass is 9.81. The first-order chi connectivity index (χ1) is 23.9. The standard InChI is InChI=1S/C47H46N2/c1-31-14-13-20-41-40-19-11-12-21-45(40)49(46(31)41)37-24-26-39-38-25-23-36(29-42(38)47(3,4)43(39)30-37)48(35-17-9-6-10-18-35)44-27-22-34(28-32(44)2)33-15-7-5-8-16-33/h5-13,15-17,19-21,23-26,28-32,35,44H,14,18,22,27H2,1-4H3. The minimum absolute atomic E-state index is 0.113. The van der Waals surface area contributed by atoms with Crippen LogP contribution in [0.4, 0.5) is 5.69 Å². The number of para-hydroxylation sites is 1. The highest BCUT2D eigenvalue weighted by atomic mass is 15.2. The lowest BCUT2D eigenvalue weighted by Gasteiger charge is -2.44. The smallest absolute Gasteiger partial charge is 0.0537 e. The molecule has 5 aromatic rings. The van der Waals surface area contributed by atoms with E-state index >= 15 is 0 Å². The first-order valence-electron chi connectivity index (χ1n) is 18.4. The van der Waals surface area contributed by atoms with Crippen molar-refractivity contribution in [3.05, 3.63) is 155 Å². The van der Waals surface area contributed by atoms with Gasteiger partial charge in [-0.05, 0) is 95.3 Å². The van der Waals surface area contributed by atoms with Crippen molar-refractivity contribution >= 4 is 28.2 Å². The van der Waals surface area contributed by atoms with Crippen LogP contribution in [0.25, 0.3) is 39.4 Å². The van der Waals surface area contributed by atoms with Crippen LogP contribution < -0.4 is 4.90 Å². The predicted octanol–water partition coefficient (Wildman–Crippen LogP) is 12.0. The summed E-state index contributed by atoms with van der Waals surface area (Å²) in [6, 6.07) is 35.3. The Bertz CT molecular complexity index is 2200. The molecule has 0 radical (unpaired) electrons. The fourth-order valence-corrected chi connectivity index (χ4v) is 9.50. The summed E-state index contributed by atoms with van der Waals surface area (Å²) in [5.74, 6) is 0.924. The molecule has 0 N–H and O–H groups in total. The van der Waals surface area contributed by atoms with Crippen LogP contribution in [0.5, 0.6) is 0 Å². The van der Waals surface area contributed by atoms with Gasteiger partial charge in [0, 0.05) is 45.4 Å². The average molecular weight is 639 g/mol. The number of benzene rings is 4. The van der Waals surface area contributed by atoms with Gasteiger partial charge in [-0.25, -0.2) is 0 Å². The van der Waals surface area contributed by atoms with Gasteiger partial charge in [0.05, 0.1) is 11.6 Å². The number of anilines is 1. The van der Waals surface area contributed by atoms with E-state index < -0.39 is 0 Å². The summed E-state index contributed by atoms with van der Waals surface area (Å²) in [4.78, 5) is 2.76. The van der Waals surface area contributed by atoms with Gasteiger partial charge in [0.2, 0.25) is 0 Å². The number of hydrogen-bond donors (Lipinski definition) is 0. The molecule has 0 amide bonds. The second kappa shape index (κ2) is 11.7. The summed E-state index contributed by atoms with van der Waals surface area (Å²) in [6.45, 7) is 9.68. The monoisotopic (exact) mass is 638 g/mol. The second-order valence-electron chi connectivity index (χ2n) is 15.3. The molecule has 4 aromatic carbocycles. The summed E-state index contributed by atoms with van der Waals surface area (Å²) >= 11 is 0. The minimum atomic E-state index is -0.113. The maximum absolute atomic E-state index is 2.76. The Kier molecular flexibility index (Phi) is 7.20. The van der Waals surface area contributed by atoms with E-state index in [1.165, 1.54) is 66.9 Å². The average Bonchev–Trinajstić information content (AvgIpc) is 3.59. The molecule has 0 bridgehead atoms. The van der Waals surface area contributed by atoms with Gasteiger partial charge in [-0.15, -0.1) is 0 Å². The SMILES string of the molecule is CC1CC=Cc2c1n(-c1ccc3c(c1)C(C)(C)c1cc(N(C4C=CC=CC4)C4CCC(c5ccccc5)=CC4C)ccc1-3)c1ccccc21. The Labute approximate surface area is 291 Å². The van der Waals surface area contributed by atoms with Crippen molar-refractivity contribution in [2.24, 2.45) is 5.92 Å². The summed E-state index contributed by atoms with van der Waals surface area (Å²) in [5.41, 5.74) is 15.1. The van der Waals surface area contributed by atoms with Crippen molar-refractivity contribution in [3.63, 3.8) is 0 Å². The third-order valence-corrected chi connectivity index (χ3v) is 12.0. The van der Waals surface area contributed by atoms with E-state index in [1.807, 2.05) is 0 Å². The topological polar surface area (TPSA) is 8.17 Å². The van der Waals surface area contributed by atoms with Crippen LogP contribution in [0, 0.1) is 5.92 Å². The highest BCUT2D eigenvalue weighted by molar-refractivity contribution is 5.94. The van der Waals surface area contributed by atoms with Gasteiger partial charge in [0.1, 0.15) is 0 Å². The fourth-order valence-electron chi connectivity index (χ4n) is 9.50. The lowest BCUT2D eigenvalue weighted by Crippen LogP contribution is -2.47. The number of rotatable bonds is 5. The zero-order valence-corrected chi connectivity index (χ0v) is 29.2. The first kappa shape index (κ1) is 30.3. The molecule has 49 heavy (non-hydrogen) atoms. The number of hydrogen-bond acceptors (Lipinski definition) is 1. The highest BCUT2D eigenvalue weighted by Gasteiger charge is 2.38. The van der Waals surface area contributed by atoms with Crippen LogP contribution in [0.2, 0.25) is 0 Å². The van der Waals surface area contributed by atoms with E-state index in [1.54, 1.807) is 0 Å². The normalized spacial score (nSPS) is 23.2. The molecule has 4 aliphatic carbocycles. The Morgan fingerprint density at radius 1 is 0.776 bits per heavy atom. The molecule has 9 rings (SSSR count). The maximum atomic E-state index is 2.76. The second-order valence-corrected chi connectivity index (χ2v) is 15.3. The zero-order chi connectivity index (χ0) is 33.3. The number of aromatic nitrogens is 1. The van der Waals surface area contributed by atoms with Crippen molar-refractivity contribution in [3.8, 4) is 16.8 Å². The molecule has 244 valence electrons. The third-order valence-electron chi connectivity index (χ3n) is 12.0. The molecule has 2 heteroatoms. The number of allylic oxidation sites excluding steroid dienone is 4. The van der Waals surface area contributed by atoms with Gasteiger partial charge < -0.3 is 9.47 Å². The minimum Gasteiger partial charge on any atom is -0.361 e. The van der Waals surface area contributed by atoms with Gasteiger partial charge in [0.15, 0.2) is 0 Å². The van der Waals surface area contributed by atoms with E-state index in [0.717, 1.165) is 25.7 Å². The number of fused-ring (bicyclic) bond motifs is 6. The van der Waals surface area contributed by atoms with Crippen molar-refractivity contribution in [1.29, 1.82) is 0 Å². The largest absolute Gasteiger partial charge is 0.361 e. The summed E-state index contributed by atoms with van der Waals surface area (Å²) in [7, 11) is 0. The highest BCUT2D eigenvalue weighted by Crippen LogP contribution is 2.51. The molecule has 4 aliphatic rings. The summed E-state index contributed by atoms with van der Waals surface area (Å²) < 4.78 is 2.55. The molecule has 0 saturated heterocycles. The van der Waals surface area contributed by atoms with Gasteiger partial charge in [-0.3, -0.25) is 0 Å². The molecule has 4 atom stereocenters. The molecule has 4 unspecified atom stereocenters. The Hall–Kier alpha value is -4.82. The molecule has 1 aromatic heterocycles. The van der Waals surface area contributed by atoms with Crippen LogP contribution in [0.1, 0.15) is 87.2 Å². The van der Waals surface area contributed by atoms with Gasteiger partial charge >= 0.3 is 0 Å². The quantitative estimate of drug-likeness (QED) is 0.186. The zero-order valence-electron chi connectivity index (χ0n) is 29.2. The molecule has 0 aliphatic heterocycles. The third kappa shape index (κ3) is 4.83. The van der Waals surface area contributed by atoms with E-state index in [-0.39, 0.29) is 5.41 Å². The number of nitrogens with zero attached hydrogens (tertiary/aromatic N) is 2. The van der Waals surface area contributed by atoms with E-state index in [9.17, 15) is 0 Å². The molecule has 0 fully saturated rings. The Morgan fingerprint density at radius 3 is 2.35 bits per heavy atom. The Morgan fingerprint density at radius 2 is 1.55 bits per heavy atom. The predicted molar refractivity (Wildman–Crippen MR) is 209 cm³/mol. The van der Waals surface area contributed by atoms with E-state index in [4.69, 9.17) is 0 Å². The van der Waals surface area contributed by atoms with Crippen LogP contribution in [0.15, 0.2) is 127 Å². The van der Waals surface area contributed by atoms with E-state index in [2.05, 4.69) is 171 Å². The van der Waals surface area contributed by atoms with E-state index in [0.29, 0.717) is 23.9 Å². The Balaban J connectivity index is 1.11. The first-order valence-corrected chi connectivity index (χ1v) is 18.4.